The molecule has 1 amide bonds. The average molecular weight is 384 g/mol. The largest absolute Gasteiger partial charge is 0.494 e. The van der Waals surface area contributed by atoms with Crippen molar-refractivity contribution in [2.24, 2.45) is 0 Å². The Bertz CT molecular complexity index is 863. The number of hydrogen-bond donors (Lipinski definition) is 1. The topological polar surface area (TPSA) is 65.4 Å². The van der Waals surface area contributed by atoms with Crippen molar-refractivity contribution >= 4 is 23.2 Å². The Kier molecular flexibility index (Phi) is 6.20. The zero-order valence-corrected chi connectivity index (χ0v) is 16.0. The van der Waals surface area contributed by atoms with Crippen LogP contribution in [0.15, 0.2) is 42.5 Å². The highest BCUT2D eigenvalue weighted by molar-refractivity contribution is 6.31. The fourth-order valence-corrected chi connectivity index (χ4v) is 3.34. The van der Waals surface area contributed by atoms with Crippen LogP contribution in [0.5, 0.6) is 5.75 Å². The van der Waals surface area contributed by atoms with Crippen LogP contribution in [0.25, 0.3) is 0 Å². The molecule has 1 atom stereocenters. The van der Waals surface area contributed by atoms with E-state index >= 15 is 0 Å². The van der Waals surface area contributed by atoms with Crippen LogP contribution in [0.3, 0.4) is 0 Å². The molecule has 0 saturated carbocycles. The lowest BCUT2D eigenvalue weighted by Crippen LogP contribution is -2.43. The molecule has 0 bridgehead atoms. The van der Waals surface area contributed by atoms with Crippen LogP contribution < -0.4 is 10.1 Å². The van der Waals surface area contributed by atoms with Crippen molar-refractivity contribution in [2.45, 2.75) is 32.4 Å². The van der Waals surface area contributed by atoms with Gasteiger partial charge in [0, 0.05) is 18.0 Å². The Balaban J connectivity index is 1.87. The molecule has 0 spiro atoms. The lowest BCUT2D eigenvalue weighted by Gasteiger charge is -2.38. The van der Waals surface area contributed by atoms with Gasteiger partial charge in [0.25, 0.3) is 5.91 Å². The molecule has 5 nitrogen and oxygen atoms in total. The molecule has 2 aromatic carbocycles. The third-order valence-electron chi connectivity index (χ3n) is 4.42. The first-order valence-electron chi connectivity index (χ1n) is 9.10. The zero-order valence-electron chi connectivity index (χ0n) is 15.2. The first-order valence-corrected chi connectivity index (χ1v) is 9.48. The first-order chi connectivity index (χ1) is 13.1. The maximum absolute atomic E-state index is 13.0. The average Bonchev–Trinajstić information content (AvgIpc) is 2.67. The van der Waals surface area contributed by atoms with Gasteiger partial charge in [0.15, 0.2) is 0 Å². The van der Waals surface area contributed by atoms with Crippen LogP contribution in [-0.4, -0.2) is 24.0 Å². The fourth-order valence-electron chi connectivity index (χ4n) is 3.17. The van der Waals surface area contributed by atoms with Gasteiger partial charge in [0.1, 0.15) is 11.9 Å². The summed E-state index contributed by atoms with van der Waals surface area (Å²) in [6.45, 7) is 3.19. The van der Waals surface area contributed by atoms with Crippen LogP contribution in [-0.2, 0) is 0 Å². The molecule has 1 aliphatic heterocycles. The van der Waals surface area contributed by atoms with Crippen molar-refractivity contribution in [1.29, 1.82) is 5.26 Å². The molecular weight excluding hydrogens is 362 g/mol. The minimum atomic E-state index is -0.286. The highest BCUT2D eigenvalue weighted by Gasteiger charge is 2.32. The number of fused-ring (bicyclic) bond motifs is 1. The van der Waals surface area contributed by atoms with E-state index in [0.29, 0.717) is 36.6 Å². The maximum Gasteiger partial charge on any atom is 0.257 e. The van der Waals surface area contributed by atoms with E-state index in [9.17, 15) is 4.79 Å². The lowest BCUT2D eigenvalue weighted by atomic mass is 10.0. The molecule has 0 radical (unpaired) electrons. The number of carbonyl (C=O) groups excluding carboxylic acids is 1. The van der Waals surface area contributed by atoms with Gasteiger partial charge in [-0.05, 0) is 48.7 Å². The number of amides is 1. The number of hydrogen-bond acceptors (Lipinski definition) is 4. The van der Waals surface area contributed by atoms with Crippen molar-refractivity contribution in [3.05, 3.63) is 58.6 Å². The van der Waals surface area contributed by atoms with Crippen LogP contribution >= 0.6 is 11.6 Å². The summed E-state index contributed by atoms with van der Waals surface area (Å²) in [5, 5.41) is 12.7. The van der Waals surface area contributed by atoms with Gasteiger partial charge in [-0.3, -0.25) is 4.79 Å². The molecule has 1 heterocycles. The predicted octanol–water partition coefficient (Wildman–Crippen LogP) is 5.00. The molecule has 0 saturated heterocycles. The molecule has 2 aromatic rings. The molecule has 0 fully saturated rings. The summed E-state index contributed by atoms with van der Waals surface area (Å²) in [5.74, 6) is 0.723. The maximum atomic E-state index is 13.0. The number of rotatable bonds is 7. The molecule has 1 N–H and O–H groups in total. The van der Waals surface area contributed by atoms with Crippen molar-refractivity contribution < 1.29 is 9.53 Å². The fraction of sp³-hybridized carbons (Fsp3) is 0.333. The minimum absolute atomic E-state index is 0.00684. The van der Waals surface area contributed by atoms with Crippen molar-refractivity contribution in [3.8, 4) is 11.8 Å². The van der Waals surface area contributed by atoms with Gasteiger partial charge in [-0.15, -0.1) is 0 Å². The van der Waals surface area contributed by atoms with Gasteiger partial charge in [-0.1, -0.05) is 30.7 Å². The summed E-state index contributed by atoms with van der Waals surface area (Å²) in [5.41, 5.74) is 2.32. The standard InChI is InChI=1S/C21H22ClN3O2/c1-2-11-25-20(24-19-14-16(22)8-9-18(19)21(25)26)15-6-5-7-17(13-15)27-12-4-3-10-23/h5-9,13-14,20,24H,2-4,11-12H2,1H3. The lowest BCUT2D eigenvalue weighted by molar-refractivity contribution is 0.0683. The van der Waals surface area contributed by atoms with Crippen LogP contribution in [0, 0.1) is 11.3 Å². The molecule has 1 unspecified atom stereocenters. The van der Waals surface area contributed by atoms with E-state index in [4.69, 9.17) is 21.6 Å². The molecule has 3 rings (SSSR count). The normalized spacial score (nSPS) is 15.7. The number of ether oxygens (including phenoxy) is 1. The molecule has 0 aromatic heterocycles. The Hall–Kier alpha value is -2.71. The van der Waals surface area contributed by atoms with E-state index in [1.54, 1.807) is 18.2 Å². The van der Waals surface area contributed by atoms with Crippen molar-refractivity contribution in [1.82, 2.24) is 4.90 Å². The van der Waals surface area contributed by atoms with Gasteiger partial charge in [0.05, 0.1) is 23.9 Å². The smallest absolute Gasteiger partial charge is 0.257 e. The summed E-state index contributed by atoms with van der Waals surface area (Å²) < 4.78 is 5.75. The second-order valence-electron chi connectivity index (χ2n) is 6.42. The summed E-state index contributed by atoms with van der Waals surface area (Å²) in [6.07, 6.45) is 1.73. The predicted molar refractivity (Wildman–Crippen MR) is 106 cm³/mol. The number of benzene rings is 2. The van der Waals surface area contributed by atoms with E-state index in [2.05, 4.69) is 18.3 Å². The number of unbranched alkanes of at least 4 members (excludes halogenated alkanes) is 1. The summed E-state index contributed by atoms with van der Waals surface area (Å²) in [4.78, 5) is 14.8. The Morgan fingerprint density at radius 2 is 2.15 bits per heavy atom. The molecule has 0 aliphatic carbocycles. The first kappa shape index (κ1) is 19.1. The SMILES string of the molecule is CCCN1C(=O)c2ccc(Cl)cc2NC1c1cccc(OCCCC#N)c1. The summed E-state index contributed by atoms with van der Waals surface area (Å²) in [7, 11) is 0. The second-order valence-corrected chi connectivity index (χ2v) is 6.85. The second kappa shape index (κ2) is 8.79. The van der Waals surface area contributed by atoms with Crippen LogP contribution in [0.1, 0.15) is 48.3 Å². The van der Waals surface area contributed by atoms with Gasteiger partial charge in [0.2, 0.25) is 0 Å². The van der Waals surface area contributed by atoms with E-state index in [-0.39, 0.29) is 12.1 Å². The number of nitriles is 1. The van der Waals surface area contributed by atoms with E-state index < -0.39 is 0 Å². The molecule has 27 heavy (non-hydrogen) atoms. The number of nitrogens with zero attached hydrogens (tertiary/aromatic N) is 2. The van der Waals surface area contributed by atoms with Crippen LogP contribution in [0.4, 0.5) is 5.69 Å². The molecule has 1 aliphatic rings. The van der Waals surface area contributed by atoms with Crippen molar-refractivity contribution in [3.63, 3.8) is 0 Å². The van der Waals surface area contributed by atoms with E-state index in [1.165, 1.54) is 0 Å². The third kappa shape index (κ3) is 4.35. The monoisotopic (exact) mass is 383 g/mol. The number of nitrogens with one attached hydrogen (secondary N) is 1. The Labute approximate surface area is 164 Å². The number of carbonyl (C=O) groups is 1. The molecule has 140 valence electrons. The summed E-state index contributed by atoms with van der Waals surface area (Å²) in [6, 6.07) is 15.1. The van der Waals surface area contributed by atoms with Gasteiger partial charge >= 0.3 is 0 Å². The van der Waals surface area contributed by atoms with Gasteiger partial charge in [-0.2, -0.15) is 5.26 Å². The Morgan fingerprint density at radius 3 is 2.93 bits per heavy atom. The van der Waals surface area contributed by atoms with E-state index in [1.807, 2.05) is 29.2 Å². The van der Waals surface area contributed by atoms with E-state index in [0.717, 1.165) is 23.4 Å². The summed E-state index contributed by atoms with van der Waals surface area (Å²) >= 11 is 6.12. The van der Waals surface area contributed by atoms with Crippen LogP contribution in [0.2, 0.25) is 5.02 Å². The quantitative estimate of drug-likeness (QED) is 0.683. The number of anilines is 1. The Morgan fingerprint density at radius 1 is 1.30 bits per heavy atom. The highest BCUT2D eigenvalue weighted by Crippen LogP contribution is 2.35. The molecular formula is C21H22ClN3O2. The zero-order chi connectivity index (χ0) is 19.2. The van der Waals surface area contributed by atoms with Gasteiger partial charge in [-0.25, -0.2) is 0 Å². The van der Waals surface area contributed by atoms with Gasteiger partial charge < -0.3 is 15.0 Å². The third-order valence-corrected chi connectivity index (χ3v) is 4.65. The highest BCUT2D eigenvalue weighted by atomic mass is 35.5. The van der Waals surface area contributed by atoms with Crippen molar-refractivity contribution in [2.75, 3.05) is 18.5 Å². The minimum Gasteiger partial charge on any atom is -0.494 e. The molecule has 6 heteroatoms. The number of halogens is 1.